The third-order valence-electron chi connectivity index (χ3n) is 7.69. The predicted molar refractivity (Wildman–Crippen MR) is 117 cm³/mol. The molecule has 0 atom stereocenters. The number of oxazole rings is 1. The van der Waals surface area contributed by atoms with E-state index in [4.69, 9.17) is 4.42 Å². The normalized spacial score (nSPS) is 26.0. The van der Waals surface area contributed by atoms with Gasteiger partial charge in [-0.25, -0.2) is 17.6 Å². The maximum Gasteiger partial charge on any atom is 0.298 e. The van der Waals surface area contributed by atoms with Crippen LogP contribution in [0.4, 0.5) is 35.0 Å². The maximum atomic E-state index is 14.8. The largest absolute Gasteiger partial charge is 0.428 e. The molecule has 5 fully saturated rings. The molecule has 4 heterocycles. The van der Waals surface area contributed by atoms with E-state index in [1.807, 2.05) is 0 Å². The lowest BCUT2D eigenvalue weighted by atomic mass is 9.61. The molecule has 0 unspecified atom stereocenters. The highest BCUT2D eigenvalue weighted by atomic mass is 19.3. The number of benzene rings is 1. The SMILES string of the molecule is CCc1oc(N2CC3(C2)CC(F)(F)C3)nc1C(=O)Nc1cc(F)c(N2CC3CC(C3)C2)c(F)c1. The number of hydrogen-bond acceptors (Lipinski definition) is 5. The number of carbonyl (C=O) groups is 1. The lowest BCUT2D eigenvalue weighted by molar-refractivity contribution is -0.170. The summed E-state index contributed by atoms with van der Waals surface area (Å²) >= 11 is 0. The third kappa shape index (κ3) is 3.53. The zero-order valence-corrected chi connectivity index (χ0v) is 18.8. The van der Waals surface area contributed by atoms with Crippen molar-refractivity contribution in [1.29, 1.82) is 0 Å². The Kier molecular flexibility index (Phi) is 4.70. The molecule has 34 heavy (non-hydrogen) atoms. The Morgan fingerprint density at radius 3 is 2.29 bits per heavy atom. The number of alkyl halides is 2. The number of halogens is 4. The first-order valence-electron chi connectivity index (χ1n) is 11.8. The number of aromatic nitrogens is 1. The number of carbonyl (C=O) groups excluding carboxylic acids is 1. The predicted octanol–water partition coefficient (Wildman–Crippen LogP) is 4.85. The molecule has 0 radical (unpaired) electrons. The van der Waals surface area contributed by atoms with E-state index >= 15 is 0 Å². The second-order valence-corrected chi connectivity index (χ2v) is 10.5. The fourth-order valence-corrected chi connectivity index (χ4v) is 6.24. The fourth-order valence-electron chi connectivity index (χ4n) is 6.24. The Morgan fingerprint density at radius 1 is 1.12 bits per heavy atom. The molecule has 1 amide bonds. The van der Waals surface area contributed by atoms with Crippen LogP contribution in [-0.2, 0) is 6.42 Å². The van der Waals surface area contributed by atoms with Gasteiger partial charge >= 0.3 is 0 Å². The molecular weight excluding hydrogens is 452 g/mol. The molecule has 2 aliphatic carbocycles. The zero-order chi connectivity index (χ0) is 23.8. The van der Waals surface area contributed by atoms with E-state index in [1.54, 1.807) is 16.7 Å². The van der Waals surface area contributed by atoms with Gasteiger partial charge in [-0.15, -0.1) is 0 Å². The Labute approximate surface area is 194 Å². The highest BCUT2D eigenvalue weighted by Gasteiger charge is 2.62. The van der Waals surface area contributed by atoms with Crippen molar-refractivity contribution in [2.75, 3.05) is 41.3 Å². The zero-order valence-electron chi connectivity index (χ0n) is 18.8. The highest BCUT2D eigenvalue weighted by molar-refractivity contribution is 6.04. The van der Waals surface area contributed by atoms with Gasteiger partial charge in [0, 0.05) is 56.5 Å². The van der Waals surface area contributed by atoms with Crippen LogP contribution in [0.3, 0.4) is 0 Å². The number of rotatable bonds is 5. The summed E-state index contributed by atoms with van der Waals surface area (Å²) in [6.07, 6.45) is 2.34. The van der Waals surface area contributed by atoms with Crippen LogP contribution in [0.15, 0.2) is 16.5 Å². The van der Waals surface area contributed by atoms with Crippen LogP contribution in [0.25, 0.3) is 0 Å². The van der Waals surface area contributed by atoms with Crippen molar-refractivity contribution in [3.8, 4) is 0 Å². The van der Waals surface area contributed by atoms with Crippen LogP contribution in [0, 0.1) is 28.9 Å². The van der Waals surface area contributed by atoms with Crippen LogP contribution >= 0.6 is 0 Å². The highest BCUT2D eigenvalue weighted by Crippen LogP contribution is 2.57. The topological polar surface area (TPSA) is 61.6 Å². The van der Waals surface area contributed by atoms with Crippen molar-refractivity contribution in [3.63, 3.8) is 0 Å². The molecule has 1 aromatic carbocycles. The molecule has 2 aromatic rings. The fraction of sp³-hybridized carbons (Fsp3) is 0.583. The van der Waals surface area contributed by atoms with Crippen molar-refractivity contribution in [2.24, 2.45) is 17.3 Å². The summed E-state index contributed by atoms with van der Waals surface area (Å²) < 4.78 is 61.9. The first kappa shape index (κ1) is 21.7. The first-order chi connectivity index (χ1) is 16.1. The second kappa shape index (κ2) is 7.36. The standard InChI is InChI=1S/C24H26F4N4O2/c1-2-18-19(30-22(34-18)32-11-23(12-32)9-24(27,28)10-23)21(33)29-15-5-16(25)20(17(26)6-15)31-7-13-3-14(4-13)8-31/h5-6,13-14H,2-4,7-12H2,1H3,(H,29,33). The van der Waals surface area contributed by atoms with Gasteiger partial charge in [0.25, 0.3) is 11.9 Å². The summed E-state index contributed by atoms with van der Waals surface area (Å²) in [6, 6.07) is 2.46. The number of piperidine rings is 2. The van der Waals surface area contributed by atoms with E-state index in [2.05, 4.69) is 10.3 Å². The lowest BCUT2D eigenvalue weighted by Crippen LogP contribution is -2.66. The van der Waals surface area contributed by atoms with E-state index in [-0.39, 0.29) is 35.9 Å². The lowest BCUT2D eigenvalue weighted by Gasteiger charge is -2.58. The number of amides is 1. The van der Waals surface area contributed by atoms with Crippen molar-refractivity contribution in [1.82, 2.24) is 4.98 Å². The molecule has 10 heteroatoms. The van der Waals surface area contributed by atoms with Crippen LogP contribution in [0.2, 0.25) is 0 Å². The molecule has 2 bridgehead atoms. The molecule has 1 N–H and O–H groups in total. The van der Waals surface area contributed by atoms with Gasteiger partial charge in [0.15, 0.2) is 17.3 Å². The summed E-state index contributed by atoms with van der Waals surface area (Å²) in [4.78, 5) is 20.6. The Balaban J connectivity index is 1.16. The van der Waals surface area contributed by atoms with Gasteiger partial charge in [-0.1, -0.05) is 6.92 Å². The van der Waals surface area contributed by atoms with Crippen molar-refractivity contribution < 1.29 is 26.8 Å². The Morgan fingerprint density at radius 2 is 1.74 bits per heavy atom. The minimum absolute atomic E-state index is 0.00266. The second-order valence-electron chi connectivity index (χ2n) is 10.5. The van der Waals surface area contributed by atoms with Gasteiger partial charge in [-0.2, -0.15) is 4.98 Å². The number of aryl methyl sites for hydroxylation is 1. The van der Waals surface area contributed by atoms with Gasteiger partial charge in [-0.3, -0.25) is 4.79 Å². The summed E-state index contributed by atoms with van der Waals surface area (Å²) in [5.41, 5.74) is -0.424. The average Bonchev–Trinajstić information content (AvgIpc) is 3.13. The van der Waals surface area contributed by atoms with Crippen LogP contribution in [0.5, 0.6) is 0 Å². The molecule has 182 valence electrons. The molecule has 2 saturated carbocycles. The number of anilines is 3. The molecule has 1 spiro atoms. The Bertz CT molecular complexity index is 1110. The molecule has 3 saturated heterocycles. The van der Waals surface area contributed by atoms with Gasteiger partial charge in [0.1, 0.15) is 11.4 Å². The number of nitrogens with one attached hydrogen (secondary N) is 1. The number of nitrogens with zero attached hydrogens (tertiary/aromatic N) is 3. The summed E-state index contributed by atoms with van der Waals surface area (Å²) in [5, 5.41) is 2.52. The molecule has 3 aliphatic heterocycles. The summed E-state index contributed by atoms with van der Waals surface area (Å²) in [7, 11) is 0. The van der Waals surface area contributed by atoms with Gasteiger partial charge < -0.3 is 19.5 Å². The number of fused-ring (bicyclic) bond motifs is 2. The van der Waals surface area contributed by atoms with E-state index < -0.39 is 28.9 Å². The summed E-state index contributed by atoms with van der Waals surface area (Å²) in [6.45, 7) is 3.90. The van der Waals surface area contributed by atoms with Crippen LogP contribution < -0.4 is 15.1 Å². The molecule has 5 aliphatic rings. The van der Waals surface area contributed by atoms with E-state index in [0.717, 1.165) is 25.0 Å². The van der Waals surface area contributed by atoms with Crippen molar-refractivity contribution in [2.45, 2.75) is 45.0 Å². The average molecular weight is 478 g/mol. The minimum Gasteiger partial charge on any atom is -0.428 e. The van der Waals surface area contributed by atoms with E-state index in [0.29, 0.717) is 50.2 Å². The van der Waals surface area contributed by atoms with Crippen LogP contribution in [0.1, 0.15) is 48.9 Å². The van der Waals surface area contributed by atoms with Gasteiger partial charge in [0.05, 0.1) is 0 Å². The maximum absolute atomic E-state index is 14.8. The van der Waals surface area contributed by atoms with Crippen molar-refractivity contribution >= 4 is 23.3 Å². The Hall–Kier alpha value is -2.78. The molecule has 7 rings (SSSR count). The minimum atomic E-state index is -2.60. The smallest absolute Gasteiger partial charge is 0.298 e. The summed E-state index contributed by atoms with van der Waals surface area (Å²) in [5.74, 6) is -3.34. The molecule has 1 aromatic heterocycles. The van der Waals surface area contributed by atoms with E-state index in [1.165, 1.54) is 0 Å². The van der Waals surface area contributed by atoms with E-state index in [9.17, 15) is 22.4 Å². The molecule has 6 nitrogen and oxygen atoms in total. The molecular formula is C24H26F4N4O2. The quantitative estimate of drug-likeness (QED) is 0.623. The van der Waals surface area contributed by atoms with Crippen molar-refractivity contribution in [3.05, 3.63) is 35.2 Å². The first-order valence-corrected chi connectivity index (χ1v) is 11.8. The monoisotopic (exact) mass is 478 g/mol. The van der Waals surface area contributed by atoms with Crippen LogP contribution in [-0.4, -0.2) is 43.0 Å². The van der Waals surface area contributed by atoms with Gasteiger partial charge in [0.2, 0.25) is 5.92 Å². The van der Waals surface area contributed by atoms with Gasteiger partial charge in [-0.05, 0) is 36.8 Å². The third-order valence-corrected chi connectivity index (χ3v) is 7.69. The number of hydrogen-bond donors (Lipinski definition) is 1.